The van der Waals surface area contributed by atoms with E-state index in [2.05, 4.69) is 16.0 Å². The van der Waals surface area contributed by atoms with E-state index in [1.165, 1.54) is 0 Å². The molecule has 2 aromatic rings. The predicted octanol–water partition coefficient (Wildman–Crippen LogP) is 0.836. The summed E-state index contributed by atoms with van der Waals surface area (Å²) in [6, 6.07) is 5.12. The smallest absolute Gasteiger partial charge is 0.315 e. The molecule has 3 rings (SSSR count). The second-order valence-corrected chi connectivity index (χ2v) is 5.36. The van der Waals surface area contributed by atoms with Gasteiger partial charge in [-0.3, -0.25) is 4.79 Å². The number of rotatable bonds is 4. The van der Waals surface area contributed by atoms with Crippen molar-refractivity contribution < 1.29 is 9.59 Å². The Morgan fingerprint density at radius 1 is 1.45 bits per heavy atom. The molecule has 6 nitrogen and oxygen atoms in total. The molecule has 3 heterocycles. The van der Waals surface area contributed by atoms with Crippen LogP contribution in [0, 0.1) is 0 Å². The fourth-order valence-corrected chi connectivity index (χ4v) is 2.97. The molecule has 20 heavy (non-hydrogen) atoms. The Kier molecular flexibility index (Phi) is 3.42. The largest absolute Gasteiger partial charge is 0.350 e. The molecule has 1 aliphatic rings. The number of urea groups is 1. The van der Waals surface area contributed by atoms with Gasteiger partial charge in [0.05, 0.1) is 0 Å². The lowest BCUT2D eigenvalue weighted by atomic mass is 10.2. The zero-order valence-corrected chi connectivity index (χ0v) is 11.4. The number of carbonyl (C=O) groups excluding carboxylic acids is 2. The van der Waals surface area contributed by atoms with Crippen molar-refractivity contribution in [2.75, 3.05) is 6.54 Å². The maximum Gasteiger partial charge on any atom is 0.315 e. The van der Waals surface area contributed by atoms with Crippen LogP contribution in [0.5, 0.6) is 0 Å². The molecule has 104 valence electrons. The molecule has 3 amide bonds. The van der Waals surface area contributed by atoms with Crippen LogP contribution < -0.4 is 16.0 Å². The highest BCUT2D eigenvalue weighted by molar-refractivity contribution is 7.12. The molecule has 0 aliphatic carbocycles. The molecule has 1 atom stereocenters. The number of amides is 3. The van der Waals surface area contributed by atoms with Gasteiger partial charge in [0.1, 0.15) is 11.0 Å². The van der Waals surface area contributed by atoms with Crippen LogP contribution in [-0.4, -0.2) is 29.1 Å². The van der Waals surface area contributed by atoms with Crippen LogP contribution in [-0.2, 0) is 11.3 Å². The van der Waals surface area contributed by atoms with Crippen LogP contribution in [0.3, 0.4) is 0 Å². The number of thiophene rings is 1. The molecule has 1 aliphatic heterocycles. The number of hydrogen-bond acceptors (Lipinski definition) is 3. The summed E-state index contributed by atoms with van der Waals surface area (Å²) < 4.78 is 2.02. The van der Waals surface area contributed by atoms with Crippen molar-refractivity contribution in [1.82, 2.24) is 20.5 Å². The van der Waals surface area contributed by atoms with Crippen LogP contribution in [0.2, 0.25) is 0 Å². The first-order valence-corrected chi connectivity index (χ1v) is 7.14. The number of aromatic nitrogens is 1. The van der Waals surface area contributed by atoms with E-state index < -0.39 is 6.04 Å². The van der Waals surface area contributed by atoms with E-state index in [9.17, 15) is 9.59 Å². The first kappa shape index (κ1) is 12.7. The normalized spacial score (nSPS) is 17.6. The third kappa shape index (κ3) is 2.53. The minimum absolute atomic E-state index is 0.173. The lowest BCUT2D eigenvalue weighted by Crippen LogP contribution is -2.42. The Balaban J connectivity index is 1.63. The second-order valence-electron chi connectivity index (χ2n) is 4.47. The SMILES string of the molecule is O=C1NC[C@@H](C(=O)NCc2ccsc2-n2cccc2)N1. The maximum absolute atomic E-state index is 11.9. The average molecular weight is 290 g/mol. The van der Waals surface area contributed by atoms with Crippen molar-refractivity contribution in [2.45, 2.75) is 12.6 Å². The van der Waals surface area contributed by atoms with Gasteiger partial charge in [-0.1, -0.05) is 0 Å². The second kappa shape index (κ2) is 5.38. The van der Waals surface area contributed by atoms with Gasteiger partial charge in [-0.2, -0.15) is 0 Å². The van der Waals surface area contributed by atoms with Crippen molar-refractivity contribution in [3.63, 3.8) is 0 Å². The van der Waals surface area contributed by atoms with Crippen LogP contribution in [0.15, 0.2) is 36.0 Å². The maximum atomic E-state index is 11.9. The van der Waals surface area contributed by atoms with Gasteiger partial charge in [-0.05, 0) is 23.6 Å². The first-order valence-electron chi connectivity index (χ1n) is 6.26. The Labute approximate surface area is 119 Å². The van der Waals surface area contributed by atoms with Gasteiger partial charge in [-0.15, -0.1) is 11.3 Å². The molecule has 0 spiro atoms. The molecule has 0 saturated carbocycles. The molecule has 0 unspecified atom stereocenters. The van der Waals surface area contributed by atoms with E-state index in [1.807, 2.05) is 40.5 Å². The van der Waals surface area contributed by atoms with E-state index in [0.717, 1.165) is 10.6 Å². The van der Waals surface area contributed by atoms with Gasteiger partial charge in [0.25, 0.3) is 0 Å². The summed E-state index contributed by atoms with van der Waals surface area (Å²) in [5, 5.41) is 11.1. The van der Waals surface area contributed by atoms with Crippen molar-refractivity contribution >= 4 is 23.3 Å². The zero-order valence-electron chi connectivity index (χ0n) is 10.6. The first-order chi connectivity index (χ1) is 9.74. The summed E-state index contributed by atoms with van der Waals surface area (Å²) in [7, 11) is 0. The fourth-order valence-electron chi connectivity index (χ4n) is 2.08. The molecule has 1 fully saturated rings. The van der Waals surface area contributed by atoms with Crippen molar-refractivity contribution in [3.8, 4) is 5.00 Å². The lowest BCUT2D eigenvalue weighted by Gasteiger charge is -2.10. The summed E-state index contributed by atoms with van der Waals surface area (Å²) in [6.07, 6.45) is 3.94. The highest BCUT2D eigenvalue weighted by Crippen LogP contribution is 2.21. The quantitative estimate of drug-likeness (QED) is 0.780. The summed E-state index contributed by atoms with van der Waals surface area (Å²) in [5.41, 5.74) is 1.05. The van der Waals surface area contributed by atoms with Crippen LogP contribution in [0.25, 0.3) is 5.00 Å². The van der Waals surface area contributed by atoms with Gasteiger partial charge in [0.15, 0.2) is 0 Å². The van der Waals surface area contributed by atoms with Crippen molar-refractivity contribution in [1.29, 1.82) is 0 Å². The van der Waals surface area contributed by atoms with Crippen LogP contribution in [0.1, 0.15) is 5.56 Å². The highest BCUT2D eigenvalue weighted by Gasteiger charge is 2.26. The molecule has 0 bridgehead atoms. The van der Waals surface area contributed by atoms with Crippen LogP contribution in [0.4, 0.5) is 4.79 Å². The van der Waals surface area contributed by atoms with E-state index in [-0.39, 0.29) is 11.9 Å². The Hall–Kier alpha value is -2.28. The number of nitrogens with one attached hydrogen (secondary N) is 3. The molecular weight excluding hydrogens is 276 g/mol. The van der Waals surface area contributed by atoms with Crippen molar-refractivity contribution in [2.24, 2.45) is 0 Å². The third-order valence-electron chi connectivity index (χ3n) is 3.10. The molecule has 2 aromatic heterocycles. The topological polar surface area (TPSA) is 75.2 Å². The van der Waals surface area contributed by atoms with Gasteiger partial charge >= 0.3 is 6.03 Å². The molecule has 0 aromatic carbocycles. The molecular formula is C13H14N4O2S. The van der Waals surface area contributed by atoms with Gasteiger partial charge in [0, 0.05) is 31.0 Å². The zero-order chi connectivity index (χ0) is 13.9. The summed E-state index contributed by atoms with van der Waals surface area (Å²) in [5.74, 6) is -0.173. The molecule has 1 saturated heterocycles. The van der Waals surface area contributed by atoms with Crippen LogP contribution >= 0.6 is 11.3 Å². The fraction of sp³-hybridized carbons (Fsp3) is 0.231. The van der Waals surface area contributed by atoms with E-state index in [4.69, 9.17) is 0 Å². The van der Waals surface area contributed by atoms with E-state index >= 15 is 0 Å². The predicted molar refractivity (Wildman–Crippen MR) is 75.8 cm³/mol. The third-order valence-corrected chi connectivity index (χ3v) is 4.07. The number of carbonyl (C=O) groups is 2. The molecule has 0 radical (unpaired) electrons. The monoisotopic (exact) mass is 290 g/mol. The number of hydrogen-bond donors (Lipinski definition) is 3. The highest BCUT2D eigenvalue weighted by atomic mass is 32.1. The summed E-state index contributed by atoms with van der Waals surface area (Å²) in [4.78, 5) is 22.9. The average Bonchev–Trinajstić information content (AvgIpc) is 3.16. The summed E-state index contributed by atoms with van der Waals surface area (Å²) in [6.45, 7) is 0.779. The minimum Gasteiger partial charge on any atom is -0.350 e. The van der Waals surface area contributed by atoms with Gasteiger partial charge < -0.3 is 20.5 Å². The lowest BCUT2D eigenvalue weighted by molar-refractivity contribution is -0.122. The standard InChI is InChI=1S/C13H14N4O2S/c18-11(10-8-15-13(19)16-10)14-7-9-3-6-20-12(9)17-4-1-2-5-17/h1-6,10H,7-8H2,(H,14,18)(H2,15,16,19)/t10-/m0/s1. The number of nitrogens with zero attached hydrogens (tertiary/aromatic N) is 1. The Bertz CT molecular complexity index is 620. The Morgan fingerprint density at radius 3 is 2.95 bits per heavy atom. The van der Waals surface area contributed by atoms with Gasteiger partial charge in [-0.25, -0.2) is 4.79 Å². The Morgan fingerprint density at radius 2 is 2.25 bits per heavy atom. The minimum atomic E-state index is -0.490. The molecule has 7 heteroatoms. The molecule has 3 N–H and O–H groups in total. The van der Waals surface area contributed by atoms with Crippen molar-refractivity contribution in [3.05, 3.63) is 41.5 Å². The van der Waals surface area contributed by atoms with E-state index in [1.54, 1.807) is 11.3 Å². The van der Waals surface area contributed by atoms with Gasteiger partial charge in [0.2, 0.25) is 5.91 Å². The van der Waals surface area contributed by atoms with E-state index in [0.29, 0.717) is 13.1 Å². The summed E-state index contributed by atoms with van der Waals surface area (Å²) >= 11 is 1.62.